The summed E-state index contributed by atoms with van der Waals surface area (Å²) in [7, 11) is 0. The summed E-state index contributed by atoms with van der Waals surface area (Å²) in [5.41, 5.74) is 0. The van der Waals surface area contributed by atoms with E-state index in [4.69, 9.17) is 52.1 Å². The van der Waals surface area contributed by atoms with Crippen LogP contribution in [0.25, 0.3) is 0 Å². The van der Waals surface area contributed by atoms with Gasteiger partial charge in [-0.1, -0.05) is 0 Å². The number of hydrogen-bond acceptors (Lipinski definition) is 19. The quantitative estimate of drug-likeness (QED) is 0.164. The molecule has 10 atom stereocenters. The number of hydrogen-bond donors (Lipinski definition) is 1. The molecule has 0 aromatic heterocycles. The molecule has 0 bridgehead atoms. The Morgan fingerprint density at radius 2 is 0.851 bits per heavy atom. The highest BCUT2D eigenvalue weighted by Gasteiger charge is 2.57. The highest BCUT2D eigenvalue weighted by atomic mass is 16.8. The molecule has 5 unspecified atom stereocenters. The van der Waals surface area contributed by atoms with E-state index in [-0.39, 0.29) is 6.61 Å². The van der Waals surface area contributed by atoms with Gasteiger partial charge in [-0.15, -0.1) is 0 Å². The van der Waals surface area contributed by atoms with E-state index in [1.807, 2.05) is 0 Å². The van der Waals surface area contributed by atoms with E-state index in [0.29, 0.717) is 0 Å². The molecule has 2 rings (SSSR count). The molecule has 0 radical (unpaired) electrons. The smallest absolute Gasteiger partial charge is 0.303 e. The maximum atomic E-state index is 12.3. The van der Waals surface area contributed by atoms with Crippen LogP contribution in [-0.4, -0.2) is 135 Å². The van der Waals surface area contributed by atoms with Gasteiger partial charge in [-0.3, -0.25) is 33.6 Å². The molecule has 1 N–H and O–H groups in total. The van der Waals surface area contributed by atoms with Gasteiger partial charge >= 0.3 is 41.8 Å². The number of aliphatic hydroxyl groups is 1. The monoisotopic (exact) mass is 680 g/mol. The Hall–Kier alpha value is -3.91. The van der Waals surface area contributed by atoms with Crippen LogP contribution >= 0.6 is 0 Å². The Bertz CT molecular complexity index is 1140. The second kappa shape index (κ2) is 18.4. The molecule has 2 heterocycles. The third-order valence-corrected chi connectivity index (χ3v) is 6.26. The Labute approximate surface area is 269 Å². The minimum atomic E-state index is -1.80. The summed E-state index contributed by atoms with van der Waals surface area (Å²) in [5, 5.41) is 9.33. The number of aliphatic hydroxyl groups excluding tert-OH is 1. The summed E-state index contributed by atoms with van der Waals surface area (Å²) in [4.78, 5) is 84.4. The van der Waals surface area contributed by atoms with Gasteiger partial charge in [-0.25, -0.2) is 0 Å². The van der Waals surface area contributed by atoms with Crippen LogP contribution in [0.2, 0.25) is 0 Å². The molecule has 0 aliphatic carbocycles. The molecule has 2 aliphatic rings. The lowest BCUT2D eigenvalue weighted by Crippen LogP contribution is -2.67. The topological polar surface area (TPSA) is 241 Å². The van der Waals surface area contributed by atoms with Crippen LogP contribution in [0.15, 0.2) is 0 Å². The lowest BCUT2D eigenvalue weighted by Gasteiger charge is -2.48. The summed E-state index contributed by atoms with van der Waals surface area (Å²) in [6, 6.07) is 0. The van der Waals surface area contributed by atoms with E-state index < -0.39 is 123 Å². The molecule has 0 aromatic rings. The molecule has 0 aromatic carbocycles. The fourth-order valence-electron chi connectivity index (χ4n) is 4.78. The van der Waals surface area contributed by atoms with Gasteiger partial charge in [0.05, 0.1) is 13.2 Å². The van der Waals surface area contributed by atoms with Crippen LogP contribution in [0.1, 0.15) is 48.5 Å². The maximum Gasteiger partial charge on any atom is 0.303 e. The first kappa shape index (κ1) is 39.3. The second-order valence-corrected chi connectivity index (χ2v) is 10.3. The Morgan fingerprint density at radius 1 is 0.489 bits per heavy atom. The molecule has 266 valence electrons. The van der Waals surface area contributed by atoms with Crippen LogP contribution in [0, 0.1) is 0 Å². The first-order chi connectivity index (χ1) is 22.0. The summed E-state index contributed by atoms with van der Waals surface area (Å²) in [6.45, 7) is 5.44. The number of rotatable bonds is 14. The third-order valence-electron chi connectivity index (χ3n) is 6.26. The SMILES string of the molecule is CC(=O)OCC1OC(OCCO)[C@H](OC(C)=O)C(OC(C)=O)[C@@H]1O[C@H]1OC(COC(C)=O)[C@@H](OC(C)=O)C(OC(C)=O)[C@H]1OC(C)=O. The van der Waals surface area contributed by atoms with Gasteiger partial charge in [0.25, 0.3) is 0 Å². The first-order valence-electron chi connectivity index (χ1n) is 14.4. The minimum Gasteiger partial charge on any atom is -0.463 e. The third kappa shape index (κ3) is 12.3. The van der Waals surface area contributed by atoms with Gasteiger partial charge in [0.15, 0.2) is 43.1 Å². The number of carbonyl (C=O) groups is 7. The van der Waals surface area contributed by atoms with Gasteiger partial charge in [-0.05, 0) is 0 Å². The minimum absolute atomic E-state index is 0.319. The highest BCUT2D eigenvalue weighted by Crippen LogP contribution is 2.35. The normalized spacial score (nSPS) is 30.2. The molecule has 2 fully saturated rings. The number of carbonyl (C=O) groups excluding carboxylic acids is 7. The average Bonchev–Trinajstić information content (AvgIpc) is 2.94. The van der Waals surface area contributed by atoms with Gasteiger partial charge in [0, 0.05) is 48.5 Å². The Balaban J connectivity index is 2.71. The zero-order valence-corrected chi connectivity index (χ0v) is 26.9. The van der Waals surface area contributed by atoms with Crippen molar-refractivity contribution in [1.82, 2.24) is 0 Å². The average molecular weight is 681 g/mol. The molecule has 47 heavy (non-hydrogen) atoms. The van der Waals surface area contributed by atoms with Crippen LogP contribution < -0.4 is 0 Å². The fourth-order valence-corrected chi connectivity index (χ4v) is 4.78. The van der Waals surface area contributed by atoms with Gasteiger partial charge in [0.1, 0.15) is 31.5 Å². The Morgan fingerprint density at radius 3 is 1.28 bits per heavy atom. The summed E-state index contributed by atoms with van der Waals surface area (Å²) in [5.74, 6) is -5.95. The van der Waals surface area contributed by atoms with Crippen molar-refractivity contribution in [2.45, 2.75) is 110 Å². The maximum absolute atomic E-state index is 12.3. The molecule has 0 amide bonds. The van der Waals surface area contributed by atoms with Crippen molar-refractivity contribution in [2.75, 3.05) is 26.4 Å². The van der Waals surface area contributed by atoms with Crippen molar-refractivity contribution in [3.8, 4) is 0 Å². The van der Waals surface area contributed by atoms with Crippen molar-refractivity contribution >= 4 is 41.8 Å². The predicted molar refractivity (Wildman–Crippen MR) is 146 cm³/mol. The van der Waals surface area contributed by atoms with E-state index in [9.17, 15) is 38.7 Å². The molecule has 0 spiro atoms. The van der Waals surface area contributed by atoms with E-state index in [1.165, 1.54) is 0 Å². The molecule has 19 nitrogen and oxygen atoms in total. The van der Waals surface area contributed by atoms with E-state index in [1.54, 1.807) is 0 Å². The second-order valence-electron chi connectivity index (χ2n) is 10.3. The molecular weight excluding hydrogens is 640 g/mol. The van der Waals surface area contributed by atoms with Crippen molar-refractivity contribution in [3.63, 3.8) is 0 Å². The van der Waals surface area contributed by atoms with Crippen LogP contribution in [0.5, 0.6) is 0 Å². The summed E-state index contributed by atoms with van der Waals surface area (Å²) in [6.07, 6.45) is -15.6. The van der Waals surface area contributed by atoms with Crippen LogP contribution in [0.3, 0.4) is 0 Å². The zero-order valence-electron chi connectivity index (χ0n) is 26.9. The van der Waals surface area contributed by atoms with Crippen molar-refractivity contribution in [3.05, 3.63) is 0 Å². The molecular formula is C28H40O19. The number of esters is 7. The highest BCUT2D eigenvalue weighted by molar-refractivity contribution is 5.69. The standard InChI is InChI=1S/C28H40O19/c1-12(30)38-10-19-21(40-14(3)32)23(41-15(4)33)26(44-18(7)36)28(46-19)47-22-20(11-39-13(2)31)45-27(37-9-8-29)25(43-17(6)35)24(22)42-16(5)34/h19-29H,8-11H2,1-7H3/t19?,20?,21-,22-,23?,24?,25-,26-,27?,28-/m1/s1. The lowest BCUT2D eigenvalue weighted by atomic mass is 9.96. The van der Waals surface area contributed by atoms with Gasteiger partial charge in [0.2, 0.25) is 0 Å². The van der Waals surface area contributed by atoms with Crippen LogP contribution in [0.4, 0.5) is 0 Å². The number of ether oxygens (including phenoxy) is 11. The van der Waals surface area contributed by atoms with E-state index in [2.05, 4.69) is 0 Å². The van der Waals surface area contributed by atoms with Gasteiger partial charge in [-0.2, -0.15) is 0 Å². The fraction of sp³-hybridized carbons (Fsp3) is 0.750. The molecule has 2 saturated heterocycles. The summed E-state index contributed by atoms with van der Waals surface area (Å²) >= 11 is 0. The zero-order chi connectivity index (χ0) is 35.4. The first-order valence-corrected chi connectivity index (χ1v) is 14.4. The van der Waals surface area contributed by atoms with Gasteiger partial charge < -0.3 is 57.2 Å². The Kier molecular flexibility index (Phi) is 15.4. The van der Waals surface area contributed by atoms with E-state index in [0.717, 1.165) is 48.5 Å². The van der Waals surface area contributed by atoms with Crippen LogP contribution in [-0.2, 0) is 85.7 Å². The van der Waals surface area contributed by atoms with Crippen molar-refractivity contribution < 1.29 is 90.8 Å². The molecule has 2 aliphatic heterocycles. The molecule has 0 saturated carbocycles. The predicted octanol–water partition coefficient (Wildman–Crippen LogP) is -1.38. The summed E-state index contributed by atoms with van der Waals surface area (Å²) < 4.78 is 60.9. The van der Waals surface area contributed by atoms with Crippen molar-refractivity contribution in [2.24, 2.45) is 0 Å². The van der Waals surface area contributed by atoms with E-state index >= 15 is 0 Å². The molecule has 19 heteroatoms. The van der Waals surface area contributed by atoms with Crippen molar-refractivity contribution in [1.29, 1.82) is 0 Å². The largest absolute Gasteiger partial charge is 0.463 e. The lowest BCUT2D eigenvalue weighted by molar-refractivity contribution is -0.361.